The molecular formula is C14H20N2OS. The normalized spacial score (nSPS) is 14.1. The molecule has 0 saturated heterocycles. The SMILES string of the molecule is CN(C(=O)CCCN)c1ccc2c(c1)CCCS2. The Kier molecular flexibility index (Phi) is 4.66. The van der Waals surface area contributed by atoms with Gasteiger partial charge in [-0.1, -0.05) is 0 Å². The summed E-state index contributed by atoms with van der Waals surface area (Å²) in [4.78, 5) is 15.0. The second-order valence-electron chi connectivity index (χ2n) is 4.59. The van der Waals surface area contributed by atoms with Crippen molar-refractivity contribution >= 4 is 23.4 Å². The monoisotopic (exact) mass is 264 g/mol. The molecule has 0 aromatic heterocycles. The van der Waals surface area contributed by atoms with Crippen molar-refractivity contribution in [1.29, 1.82) is 0 Å². The maximum Gasteiger partial charge on any atom is 0.226 e. The molecular weight excluding hydrogens is 244 g/mol. The van der Waals surface area contributed by atoms with Gasteiger partial charge in [0.15, 0.2) is 0 Å². The number of fused-ring (bicyclic) bond motifs is 1. The first-order valence-electron chi connectivity index (χ1n) is 6.44. The van der Waals surface area contributed by atoms with Gasteiger partial charge in [0.25, 0.3) is 0 Å². The third kappa shape index (κ3) is 3.06. The molecule has 0 bridgehead atoms. The Labute approximate surface area is 113 Å². The van der Waals surface area contributed by atoms with Gasteiger partial charge in [-0.2, -0.15) is 0 Å². The number of carbonyl (C=O) groups is 1. The molecule has 1 aliphatic rings. The molecule has 0 spiro atoms. The van der Waals surface area contributed by atoms with Crippen LogP contribution in [-0.2, 0) is 11.2 Å². The second-order valence-corrected chi connectivity index (χ2v) is 5.73. The molecule has 1 amide bonds. The van der Waals surface area contributed by atoms with Crippen molar-refractivity contribution in [2.75, 3.05) is 24.2 Å². The van der Waals surface area contributed by atoms with Crippen LogP contribution in [0.1, 0.15) is 24.8 Å². The minimum absolute atomic E-state index is 0.142. The van der Waals surface area contributed by atoms with Crippen LogP contribution in [0.2, 0.25) is 0 Å². The van der Waals surface area contributed by atoms with Crippen molar-refractivity contribution in [3.05, 3.63) is 23.8 Å². The van der Waals surface area contributed by atoms with E-state index in [0.717, 1.165) is 18.5 Å². The van der Waals surface area contributed by atoms with Gasteiger partial charge in [-0.25, -0.2) is 0 Å². The maximum atomic E-state index is 11.9. The Morgan fingerprint density at radius 3 is 3.11 bits per heavy atom. The van der Waals surface area contributed by atoms with E-state index in [2.05, 4.69) is 12.1 Å². The highest BCUT2D eigenvalue weighted by molar-refractivity contribution is 7.99. The average Bonchev–Trinajstić information content (AvgIpc) is 2.43. The highest BCUT2D eigenvalue weighted by Gasteiger charge is 2.14. The first-order valence-corrected chi connectivity index (χ1v) is 7.43. The molecule has 98 valence electrons. The number of carbonyl (C=O) groups excluding carboxylic acids is 1. The lowest BCUT2D eigenvalue weighted by atomic mass is 10.1. The lowest BCUT2D eigenvalue weighted by molar-refractivity contribution is -0.118. The van der Waals surface area contributed by atoms with Crippen molar-refractivity contribution in [2.24, 2.45) is 5.73 Å². The minimum atomic E-state index is 0.142. The van der Waals surface area contributed by atoms with Crippen molar-refractivity contribution in [3.63, 3.8) is 0 Å². The van der Waals surface area contributed by atoms with Gasteiger partial charge >= 0.3 is 0 Å². The van der Waals surface area contributed by atoms with Crippen molar-refractivity contribution < 1.29 is 4.79 Å². The molecule has 0 saturated carbocycles. The molecule has 1 aromatic carbocycles. The zero-order valence-electron chi connectivity index (χ0n) is 10.8. The molecule has 2 N–H and O–H groups in total. The number of nitrogens with zero attached hydrogens (tertiary/aromatic N) is 1. The van der Waals surface area contributed by atoms with E-state index >= 15 is 0 Å². The number of hydrogen-bond acceptors (Lipinski definition) is 3. The van der Waals surface area contributed by atoms with Crippen LogP contribution in [0.4, 0.5) is 5.69 Å². The lowest BCUT2D eigenvalue weighted by Crippen LogP contribution is -2.26. The minimum Gasteiger partial charge on any atom is -0.330 e. The van der Waals surface area contributed by atoms with Crippen LogP contribution in [-0.4, -0.2) is 25.3 Å². The van der Waals surface area contributed by atoms with E-state index < -0.39 is 0 Å². The molecule has 0 radical (unpaired) electrons. The molecule has 3 nitrogen and oxygen atoms in total. The van der Waals surface area contributed by atoms with E-state index in [1.54, 1.807) is 4.90 Å². The third-order valence-electron chi connectivity index (χ3n) is 3.25. The van der Waals surface area contributed by atoms with Gasteiger partial charge in [0, 0.05) is 24.1 Å². The summed E-state index contributed by atoms with van der Waals surface area (Å²) in [5.41, 5.74) is 7.81. The molecule has 4 heteroatoms. The van der Waals surface area contributed by atoms with E-state index in [-0.39, 0.29) is 5.91 Å². The number of aryl methyl sites for hydroxylation is 1. The lowest BCUT2D eigenvalue weighted by Gasteiger charge is -2.21. The molecule has 1 aliphatic heterocycles. The summed E-state index contributed by atoms with van der Waals surface area (Å²) in [7, 11) is 1.84. The van der Waals surface area contributed by atoms with E-state index in [9.17, 15) is 4.79 Å². The Morgan fingerprint density at radius 2 is 2.33 bits per heavy atom. The summed E-state index contributed by atoms with van der Waals surface area (Å²) < 4.78 is 0. The van der Waals surface area contributed by atoms with E-state index in [1.807, 2.05) is 24.9 Å². The molecule has 2 rings (SSSR count). The largest absolute Gasteiger partial charge is 0.330 e. The molecule has 0 atom stereocenters. The Morgan fingerprint density at radius 1 is 1.50 bits per heavy atom. The quantitative estimate of drug-likeness (QED) is 0.908. The topological polar surface area (TPSA) is 46.3 Å². The highest BCUT2D eigenvalue weighted by Crippen LogP contribution is 2.32. The van der Waals surface area contributed by atoms with Gasteiger partial charge < -0.3 is 10.6 Å². The van der Waals surface area contributed by atoms with Crippen LogP contribution in [0.3, 0.4) is 0 Å². The Balaban J connectivity index is 2.10. The number of benzene rings is 1. The smallest absolute Gasteiger partial charge is 0.226 e. The average molecular weight is 264 g/mol. The zero-order chi connectivity index (χ0) is 13.0. The molecule has 0 unspecified atom stereocenters. The maximum absolute atomic E-state index is 11.9. The third-order valence-corrected chi connectivity index (χ3v) is 4.45. The van der Waals surface area contributed by atoms with Crippen LogP contribution in [0.5, 0.6) is 0 Å². The van der Waals surface area contributed by atoms with Gasteiger partial charge in [-0.15, -0.1) is 11.8 Å². The van der Waals surface area contributed by atoms with Crippen LogP contribution in [0, 0.1) is 0 Å². The first-order chi connectivity index (χ1) is 8.72. The van der Waals surface area contributed by atoms with Crippen LogP contribution < -0.4 is 10.6 Å². The van der Waals surface area contributed by atoms with Gasteiger partial charge in [0.1, 0.15) is 0 Å². The van der Waals surface area contributed by atoms with E-state index in [1.165, 1.54) is 22.6 Å². The standard InChI is InChI=1S/C14H20N2OS/c1-16(14(17)5-2-8-15)12-6-7-13-11(10-12)4-3-9-18-13/h6-7,10H,2-5,8-9,15H2,1H3. The summed E-state index contributed by atoms with van der Waals surface area (Å²) in [6.07, 6.45) is 3.63. The number of thioether (sulfide) groups is 1. The number of anilines is 1. The molecule has 0 fully saturated rings. The fraction of sp³-hybridized carbons (Fsp3) is 0.500. The number of amides is 1. The van der Waals surface area contributed by atoms with Crippen molar-refractivity contribution in [2.45, 2.75) is 30.6 Å². The predicted octanol–water partition coefficient (Wildman–Crippen LogP) is 2.43. The summed E-state index contributed by atoms with van der Waals surface area (Å²) in [6, 6.07) is 6.33. The van der Waals surface area contributed by atoms with Crippen LogP contribution in [0.15, 0.2) is 23.1 Å². The van der Waals surface area contributed by atoms with Gasteiger partial charge in [0.2, 0.25) is 5.91 Å². The highest BCUT2D eigenvalue weighted by atomic mass is 32.2. The summed E-state index contributed by atoms with van der Waals surface area (Å²) >= 11 is 1.91. The van der Waals surface area contributed by atoms with E-state index in [0.29, 0.717) is 13.0 Å². The number of rotatable bonds is 4. The number of hydrogen-bond donors (Lipinski definition) is 1. The van der Waals surface area contributed by atoms with Gasteiger partial charge in [-0.3, -0.25) is 4.79 Å². The van der Waals surface area contributed by atoms with Crippen LogP contribution in [0.25, 0.3) is 0 Å². The van der Waals surface area contributed by atoms with Crippen molar-refractivity contribution in [3.8, 4) is 0 Å². The fourth-order valence-corrected chi connectivity index (χ4v) is 3.14. The van der Waals surface area contributed by atoms with Gasteiger partial charge in [0.05, 0.1) is 0 Å². The summed E-state index contributed by atoms with van der Waals surface area (Å²) in [5, 5.41) is 0. The van der Waals surface area contributed by atoms with Crippen LogP contribution >= 0.6 is 11.8 Å². The first kappa shape index (κ1) is 13.4. The fourth-order valence-electron chi connectivity index (χ4n) is 2.12. The zero-order valence-corrected chi connectivity index (χ0v) is 11.6. The second kappa shape index (κ2) is 6.25. The molecule has 18 heavy (non-hydrogen) atoms. The molecule has 1 heterocycles. The Hall–Kier alpha value is -1.00. The molecule has 0 aliphatic carbocycles. The molecule has 1 aromatic rings. The van der Waals surface area contributed by atoms with Gasteiger partial charge in [-0.05, 0) is 55.3 Å². The number of nitrogens with two attached hydrogens (primary N) is 1. The Bertz CT molecular complexity index is 434. The van der Waals surface area contributed by atoms with E-state index in [4.69, 9.17) is 5.73 Å². The summed E-state index contributed by atoms with van der Waals surface area (Å²) in [6.45, 7) is 0.570. The summed E-state index contributed by atoms with van der Waals surface area (Å²) in [5.74, 6) is 1.35. The predicted molar refractivity (Wildman–Crippen MR) is 77.2 cm³/mol. The van der Waals surface area contributed by atoms with Crippen molar-refractivity contribution in [1.82, 2.24) is 0 Å².